The average molecular weight is 365 g/mol. The molecule has 0 saturated carbocycles. The molecule has 1 saturated heterocycles. The molecule has 0 spiro atoms. The molecule has 6 nitrogen and oxygen atoms in total. The lowest BCUT2D eigenvalue weighted by Gasteiger charge is -2.30. The van der Waals surface area contributed by atoms with Crippen LogP contribution in [0.4, 0.5) is 0 Å². The Morgan fingerprint density at radius 3 is 2.95 bits per heavy atom. The van der Waals surface area contributed by atoms with Crippen LogP contribution in [0.2, 0.25) is 5.02 Å². The van der Waals surface area contributed by atoms with E-state index in [1.807, 2.05) is 6.92 Å². The zero-order valence-corrected chi connectivity index (χ0v) is 14.4. The molecule has 2 aromatic heterocycles. The van der Waals surface area contributed by atoms with Crippen molar-refractivity contribution < 1.29 is 8.42 Å². The Balaban J connectivity index is 0.00000176. The van der Waals surface area contributed by atoms with E-state index in [1.54, 1.807) is 6.07 Å². The van der Waals surface area contributed by atoms with E-state index in [0.29, 0.717) is 16.1 Å². The lowest BCUT2D eigenvalue weighted by Crippen LogP contribution is -2.51. The van der Waals surface area contributed by atoms with Gasteiger partial charge in [0.1, 0.15) is 10.5 Å². The number of nitrogens with one attached hydrogen (secondary N) is 3. The molecule has 1 aliphatic heterocycles. The van der Waals surface area contributed by atoms with Crippen LogP contribution in [-0.2, 0) is 10.0 Å². The van der Waals surface area contributed by atoms with E-state index in [9.17, 15) is 8.42 Å². The van der Waals surface area contributed by atoms with Gasteiger partial charge in [0.2, 0.25) is 10.0 Å². The Bertz CT molecular complexity index is 762. The van der Waals surface area contributed by atoms with Gasteiger partial charge in [0.25, 0.3) is 0 Å². The first-order valence-corrected chi connectivity index (χ1v) is 8.72. The van der Waals surface area contributed by atoms with E-state index in [4.69, 9.17) is 11.6 Å². The highest BCUT2D eigenvalue weighted by Crippen LogP contribution is 2.28. The van der Waals surface area contributed by atoms with Crippen LogP contribution in [0, 0.1) is 0 Å². The number of nitrogens with zero attached hydrogens (tertiary/aromatic N) is 1. The number of aromatic amines is 1. The molecule has 3 N–H and O–H groups in total. The highest BCUT2D eigenvalue weighted by Gasteiger charge is 2.28. The number of aromatic nitrogens is 2. The largest absolute Gasteiger partial charge is 0.345 e. The summed E-state index contributed by atoms with van der Waals surface area (Å²) >= 11 is 6.12. The van der Waals surface area contributed by atoms with Crippen LogP contribution in [0.15, 0.2) is 23.4 Å². The van der Waals surface area contributed by atoms with E-state index in [0.717, 1.165) is 19.4 Å². The fourth-order valence-electron chi connectivity index (χ4n) is 2.67. The molecular formula is C13H18Cl2N4O2S. The van der Waals surface area contributed by atoms with Crippen LogP contribution in [0.25, 0.3) is 11.0 Å². The second-order valence-corrected chi connectivity index (χ2v) is 7.37. The Labute approximate surface area is 140 Å². The summed E-state index contributed by atoms with van der Waals surface area (Å²) < 4.78 is 28.0. The molecule has 3 rings (SSSR count). The molecule has 2 aromatic rings. The molecule has 2 unspecified atom stereocenters. The number of hydrogen-bond donors (Lipinski definition) is 3. The van der Waals surface area contributed by atoms with Crippen molar-refractivity contribution in [3.63, 3.8) is 0 Å². The van der Waals surface area contributed by atoms with E-state index in [1.165, 1.54) is 12.4 Å². The molecule has 0 radical (unpaired) electrons. The van der Waals surface area contributed by atoms with Gasteiger partial charge in [-0.3, -0.25) is 0 Å². The highest BCUT2D eigenvalue weighted by molar-refractivity contribution is 7.89. The lowest BCUT2D eigenvalue weighted by molar-refractivity contribution is 0.349. The summed E-state index contributed by atoms with van der Waals surface area (Å²) in [7, 11) is -3.64. The maximum Gasteiger partial charge on any atom is 0.243 e. The average Bonchev–Trinajstić information content (AvgIpc) is 2.87. The van der Waals surface area contributed by atoms with Gasteiger partial charge in [0.15, 0.2) is 0 Å². The van der Waals surface area contributed by atoms with Gasteiger partial charge in [-0.2, -0.15) is 0 Å². The first-order valence-electron chi connectivity index (χ1n) is 6.86. The molecule has 3 heterocycles. The molecule has 0 aliphatic carbocycles. The Morgan fingerprint density at radius 2 is 2.23 bits per heavy atom. The van der Waals surface area contributed by atoms with Gasteiger partial charge in [-0.15, -0.1) is 12.4 Å². The number of fused-ring (bicyclic) bond motifs is 1. The Hall–Kier alpha value is -0.860. The third kappa shape index (κ3) is 3.23. The summed E-state index contributed by atoms with van der Waals surface area (Å²) in [6.07, 6.45) is 4.75. The first-order chi connectivity index (χ1) is 9.99. The molecule has 9 heteroatoms. The first kappa shape index (κ1) is 17.5. The zero-order chi connectivity index (χ0) is 15.0. The molecule has 0 aromatic carbocycles. The predicted molar refractivity (Wildman–Crippen MR) is 89.2 cm³/mol. The van der Waals surface area contributed by atoms with Gasteiger partial charge >= 0.3 is 0 Å². The SMILES string of the molecule is CC1NCCCC1NS(=O)(=O)c1c[nH]c2nccc(Cl)c12.Cl. The molecule has 122 valence electrons. The van der Waals surface area contributed by atoms with E-state index in [-0.39, 0.29) is 29.4 Å². The number of piperidine rings is 1. The van der Waals surface area contributed by atoms with Gasteiger partial charge < -0.3 is 10.3 Å². The van der Waals surface area contributed by atoms with Gasteiger partial charge in [-0.25, -0.2) is 18.1 Å². The predicted octanol–water partition coefficient (Wildman–Crippen LogP) is 2.06. The van der Waals surface area contributed by atoms with Crippen molar-refractivity contribution in [2.24, 2.45) is 0 Å². The summed E-state index contributed by atoms with van der Waals surface area (Å²) in [5, 5.41) is 4.08. The van der Waals surface area contributed by atoms with Crippen molar-refractivity contribution in [3.8, 4) is 0 Å². The quantitative estimate of drug-likeness (QED) is 0.777. The third-order valence-corrected chi connectivity index (χ3v) is 5.67. The number of H-pyrrole nitrogens is 1. The Kier molecular flexibility index (Phi) is 5.34. The van der Waals surface area contributed by atoms with Crippen molar-refractivity contribution in [1.82, 2.24) is 20.0 Å². The van der Waals surface area contributed by atoms with Gasteiger partial charge in [-0.1, -0.05) is 11.6 Å². The zero-order valence-electron chi connectivity index (χ0n) is 12.0. The summed E-state index contributed by atoms with van der Waals surface area (Å²) in [5.74, 6) is 0. The molecule has 2 atom stereocenters. The number of hydrogen-bond acceptors (Lipinski definition) is 4. The van der Waals surface area contributed by atoms with Crippen LogP contribution in [0.5, 0.6) is 0 Å². The molecule has 1 aliphatic rings. The molecule has 1 fully saturated rings. The van der Waals surface area contributed by atoms with Crippen LogP contribution in [-0.4, -0.2) is 37.0 Å². The molecule has 0 bridgehead atoms. The van der Waals surface area contributed by atoms with Crippen LogP contribution < -0.4 is 10.0 Å². The number of sulfonamides is 1. The monoisotopic (exact) mass is 364 g/mol. The van der Waals surface area contributed by atoms with Crippen molar-refractivity contribution in [2.75, 3.05) is 6.54 Å². The highest BCUT2D eigenvalue weighted by atomic mass is 35.5. The minimum atomic E-state index is -3.64. The summed E-state index contributed by atoms with van der Waals surface area (Å²) in [4.78, 5) is 7.09. The summed E-state index contributed by atoms with van der Waals surface area (Å²) in [6, 6.07) is 1.57. The maximum absolute atomic E-state index is 12.6. The minimum Gasteiger partial charge on any atom is -0.345 e. The van der Waals surface area contributed by atoms with Crippen LogP contribution in [0.1, 0.15) is 19.8 Å². The second kappa shape index (κ2) is 6.72. The van der Waals surface area contributed by atoms with Gasteiger partial charge in [-0.05, 0) is 32.4 Å². The maximum atomic E-state index is 12.6. The van der Waals surface area contributed by atoms with Crippen molar-refractivity contribution >= 4 is 45.1 Å². The van der Waals surface area contributed by atoms with E-state index in [2.05, 4.69) is 20.0 Å². The van der Waals surface area contributed by atoms with Crippen molar-refractivity contribution in [3.05, 3.63) is 23.5 Å². The van der Waals surface area contributed by atoms with Crippen LogP contribution in [0.3, 0.4) is 0 Å². The molecule has 22 heavy (non-hydrogen) atoms. The minimum absolute atomic E-state index is 0. The van der Waals surface area contributed by atoms with E-state index >= 15 is 0 Å². The van der Waals surface area contributed by atoms with Gasteiger partial charge in [0.05, 0.1) is 10.4 Å². The molecular weight excluding hydrogens is 347 g/mol. The summed E-state index contributed by atoms with van der Waals surface area (Å²) in [5.41, 5.74) is 0.470. The normalized spacial score (nSPS) is 22.5. The number of halogens is 2. The fraction of sp³-hybridized carbons (Fsp3) is 0.462. The third-order valence-electron chi connectivity index (χ3n) is 3.84. The standard InChI is InChI=1S/C13H17ClN4O2S.ClH/c1-8-10(3-2-5-15-8)18-21(19,20)11-7-17-13-12(11)9(14)4-6-16-13;/h4,6-8,10,15,18H,2-3,5H2,1H3,(H,16,17);1H. The van der Waals surface area contributed by atoms with Crippen molar-refractivity contribution in [1.29, 1.82) is 0 Å². The second-order valence-electron chi connectivity index (χ2n) is 5.28. The van der Waals surface area contributed by atoms with Crippen molar-refractivity contribution in [2.45, 2.75) is 36.7 Å². The number of pyridine rings is 1. The van der Waals surface area contributed by atoms with E-state index < -0.39 is 10.0 Å². The lowest BCUT2D eigenvalue weighted by atomic mass is 10.0. The fourth-order valence-corrected chi connectivity index (χ4v) is 4.51. The topological polar surface area (TPSA) is 86.9 Å². The van der Waals surface area contributed by atoms with Crippen LogP contribution >= 0.6 is 24.0 Å². The van der Waals surface area contributed by atoms with Gasteiger partial charge in [0, 0.05) is 24.5 Å². The summed E-state index contributed by atoms with van der Waals surface area (Å²) in [6.45, 7) is 2.90. The molecule has 0 amide bonds. The Morgan fingerprint density at radius 1 is 1.45 bits per heavy atom. The number of rotatable bonds is 3. The smallest absolute Gasteiger partial charge is 0.243 e.